The average Bonchev–Trinajstić information content (AvgIpc) is 2.66. The number of hydrogen-bond acceptors (Lipinski definition) is 7. The van der Waals surface area contributed by atoms with Crippen molar-refractivity contribution in [3.8, 4) is 0 Å². The fraction of sp³-hybridized carbons (Fsp3) is 0.562. The lowest BCUT2D eigenvalue weighted by atomic mass is 10.1. The predicted molar refractivity (Wildman–Crippen MR) is 113 cm³/mol. The van der Waals surface area contributed by atoms with E-state index >= 15 is 0 Å². The van der Waals surface area contributed by atoms with Crippen LogP contribution >= 0.6 is 31.9 Å². The highest BCUT2D eigenvalue weighted by molar-refractivity contribution is 9.09. The van der Waals surface area contributed by atoms with Crippen LogP contribution in [0.4, 0.5) is 17.1 Å². The molecule has 28 heavy (non-hydrogen) atoms. The first-order valence-corrected chi connectivity index (χ1v) is 10.8. The first-order valence-electron chi connectivity index (χ1n) is 8.60. The number of nitro groups is 2. The van der Waals surface area contributed by atoms with Crippen LogP contribution in [0.5, 0.6) is 0 Å². The number of halogens is 2. The Morgan fingerprint density at radius 2 is 1.64 bits per heavy atom. The SMILES string of the molecule is O=C(NCCCCCO)c1cc(N(CCBr)CCBr)c([N+](=O)[O-])cc1[N+](=O)[O-]. The highest BCUT2D eigenvalue weighted by atomic mass is 79.9. The van der Waals surface area contributed by atoms with Crippen LogP contribution in [0.3, 0.4) is 0 Å². The zero-order chi connectivity index (χ0) is 21.1. The van der Waals surface area contributed by atoms with Gasteiger partial charge in [-0.2, -0.15) is 0 Å². The van der Waals surface area contributed by atoms with Crippen molar-refractivity contribution in [2.24, 2.45) is 0 Å². The summed E-state index contributed by atoms with van der Waals surface area (Å²) in [5.74, 6) is -0.663. The molecule has 10 nitrogen and oxygen atoms in total. The highest BCUT2D eigenvalue weighted by Gasteiger charge is 2.30. The molecular formula is C16H22Br2N4O6. The van der Waals surface area contributed by atoms with E-state index in [1.165, 1.54) is 6.07 Å². The summed E-state index contributed by atoms with van der Waals surface area (Å²) < 4.78 is 0. The maximum absolute atomic E-state index is 12.5. The van der Waals surface area contributed by atoms with Gasteiger partial charge in [0.05, 0.1) is 15.9 Å². The van der Waals surface area contributed by atoms with Crippen LogP contribution in [0, 0.1) is 20.2 Å². The Morgan fingerprint density at radius 3 is 2.14 bits per heavy atom. The number of carbonyl (C=O) groups excluding carboxylic acids is 1. The quantitative estimate of drug-likeness (QED) is 0.174. The summed E-state index contributed by atoms with van der Waals surface area (Å²) in [7, 11) is 0. The summed E-state index contributed by atoms with van der Waals surface area (Å²) in [5.41, 5.74) is -1.10. The van der Waals surface area contributed by atoms with E-state index in [2.05, 4.69) is 37.2 Å². The van der Waals surface area contributed by atoms with Crippen LogP contribution in [0.1, 0.15) is 29.6 Å². The topological polar surface area (TPSA) is 139 Å². The minimum atomic E-state index is -0.795. The van der Waals surface area contributed by atoms with Gasteiger partial charge in [-0.15, -0.1) is 0 Å². The zero-order valence-electron chi connectivity index (χ0n) is 15.1. The number of nitro benzene ring substituents is 2. The second-order valence-corrected chi connectivity index (χ2v) is 7.36. The largest absolute Gasteiger partial charge is 0.396 e. The Balaban J connectivity index is 3.29. The zero-order valence-corrected chi connectivity index (χ0v) is 18.3. The van der Waals surface area contributed by atoms with Crippen LogP contribution in [0.25, 0.3) is 0 Å². The molecule has 1 amide bonds. The molecule has 1 rings (SSSR count). The van der Waals surface area contributed by atoms with Crippen molar-refractivity contribution in [3.63, 3.8) is 0 Å². The average molecular weight is 526 g/mol. The fourth-order valence-corrected chi connectivity index (χ4v) is 3.42. The summed E-state index contributed by atoms with van der Waals surface area (Å²) in [5, 5.41) is 35.3. The lowest BCUT2D eigenvalue weighted by Crippen LogP contribution is -2.30. The van der Waals surface area contributed by atoms with E-state index in [1.54, 1.807) is 4.90 Å². The van der Waals surface area contributed by atoms with E-state index in [1.807, 2.05) is 0 Å². The molecule has 12 heteroatoms. The summed E-state index contributed by atoms with van der Waals surface area (Å²) in [6.07, 6.45) is 1.92. The number of hydrogen-bond donors (Lipinski definition) is 2. The van der Waals surface area contributed by atoms with Crippen LogP contribution in [0.15, 0.2) is 12.1 Å². The normalized spacial score (nSPS) is 10.5. The van der Waals surface area contributed by atoms with E-state index in [4.69, 9.17) is 5.11 Å². The molecule has 0 atom stereocenters. The van der Waals surface area contributed by atoms with E-state index < -0.39 is 27.1 Å². The summed E-state index contributed by atoms with van der Waals surface area (Å²) in [6, 6.07) is 2.05. The van der Waals surface area contributed by atoms with E-state index in [0.717, 1.165) is 6.07 Å². The molecule has 2 N–H and O–H groups in total. The molecule has 0 saturated heterocycles. The highest BCUT2D eigenvalue weighted by Crippen LogP contribution is 2.35. The van der Waals surface area contributed by atoms with Crippen molar-refractivity contribution < 1.29 is 19.7 Å². The van der Waals surface area contributed by atoms with Crippen molar-refractivity contribution in [3.05, 3.63) is 37.9 Å². The number of unbranched alkanes of at least 4 members (excludes halogenated alkanes) is 2. The van der Waals surface area contributed by atoms with Gasteiger partial charge in [0.1, 0.15) is 11.3 Å². The van der Waals surface area contributed by atoms with Crippen molar-refractivity contribution in [2.45, 2.75) is 19.3 Å². The molecule has 0 spiro atoms. The molecule has 0 unspecified atom stereocenters. The minimum absolute atomic E-state index is 0.0576. The third-order valence-electron chi connectivity index (χ3n) is 3.90. The molecule has 0 fully saturated rings. The minimum Gasteiger partial charge on any atom is -0.396 e. The molecule has 1 aromatic rings. The Morgan fingerprint density at radius 1 is 1.04 bits per heavy atom. The van der Waals surface area contributed by atoms with Gasteiger partial charge in [0.2, 0.25) is 0 Å². The number of aliphatic hydroxyl groups is 1. The lowest BCUT2D eigenvalue weighted by Gasteiger charge is -2.23. The number of aliphatic hydroxyl groups excluding tert-OH is 1. The van der Waals surface area contributed by atoms with Gasteiger partial charge >= 0.3 is 0 Å². The van der Waals surface area contributed by atoms with E-state index in [0.29, 0.717) is 43.0 Å². The number of nitrogens with one attached hydrogen (secondary N) is 1. The Hall–Kier alpha value is -1.79. The van der Waals surface area contributed by atoms with Crippen molar-refractivity contribution >= 4 is 54.8 Å². The lowest BCUT2D eigenvalue weighted by molar-refractivity contribution is -0.393. The number of benzene rings is 1. The van der Waals surface area contributed by atoms with Crippen molar-refractivity contribution in [2.75, 3.05) is 41.8 Å². The Bertz CT molecular complexity index is 698. The summed E-state index contributed by atoms with van der Waals surface area (Å²) in [4.78, 5) is 35.6. The first kappa shape index (κ1) is 24.2. The number of rotatable bonds is 13. The summed E-state index contributed by atoms with van der Waals surface area (Å²) >= 11 is 6.57. The van der Waals surface area contributed by atoms with Crippen molar-refractivity contribution in [1.29, 1.82) is 0 Å². The van der Waals surface area contributed by atoms with Gasteiger partial charge in [0.15, 0.2) is 0 Å². The smallest absolute Gasteiger partial charge is 0.299 e. The maximum atomic E-state index is 12.5. The van der Waals surface area contributed by atoms with Gasteiger partial charge in [-0.05, 0) is 25.3 Å². The van der Waals surface area contributed by atoms with Gasteiger partial charge in [0, 0.05) is 36.9 Å². The number of anilines is 1. The summed E-state index contributed by atoms with van der Waals surface area (Å²) in [6.45, 7) is 1.19. The van der Waals surface area contributed by atoms with Gasteiger partial charge in [-0.3, -0.25) is 25.0 Å². The second-order valence-electron chi connectivity index (χ2n) is 5.78. The van der Waals surface area contributed by atoms with Crippen LogP contribution in [0.2, 0.25) is 0 Å². The second kappa shape index (κ2) is 12.6. The fourth-order valence-electron chi connectivity index (χ4n) is 2.57. The molecule has 1 aromatic carbocycles. The van der Waals surface area contributed by atoms with Gasteiger partial charge < -0.3 is 15.3 Å². The van der Waals surface area contributed by atoms with Crippen LogP contribution < -0.4 is 10.2 Å². The molecule has 0 aromatic heterocycles. The standard InChI is InChI=1S/C16H22Br2N4O6/c17-4-7-20(8-5-18)14-10-12(16(24)19-6-2-1-3-9-23)13(21(25)26)11-15(14)22(27)28/h10-11,23H,1-9H2,(H,19,24). The number of nitrogens with zero attached hydrogens (tertiary/aromatic N) is 3. The molecule has 0 bridgehead atoms. The molecule has 0 aliphatic heterocycles. The molecule has 0 aliphatic carbocycles. The molecule has 0 aliphatic rings. The monoisotopic (exact) mass is 524 g/mol. The van der Waals surface area contributed by atoms with Crippen molar-refractivity contribution in [1.82, 2.24) is 5.32 Å². The van der Waals surface area contributed by atoms with Gasteiger partial charge in [-0.1, -0.05) is 31.9 Å². The number of alkyl halides is 2. The Labute approximate surface area is 178 Å². The predicted octanol–water partition coefficient (Wildman–Crippen LogP) is 2.99. The van der Waals surface area contributed by atoms with Crippen LogP contribution in [-0.2, 0) is 0 Å². The first-order chi connectivity index (χ1) is 13.4. The third kappa shape index (κ3) is 6.99. The Kier molecular flexibility index (Phi) is 10.9. The molecule has 0 radical (unpaired) electrons. The van der Waals surface area contributed by atoms with Crippen LogP contribution in [-0.4, -0.2) is 57.8 Å². The van der Waals surface area contributed by atoms with E-state index in [9.17, 15) is 25.0 Å². The number of carbonyl (C=O) groups is 1. The molecule has 156 valence electrons. The molecular weight excluding hydrogens is 504 g/mol. The van der Waals surface area contributed by atoms with E-state index in [-0.39, 0.29) is 24.4 Å². The molecule has 0 heterocycles. The van der Waals surface area contributed by atoms with Gasteiger partial charge in [0.25, 0.3) is 17.3 Å². The molecule has 0 saturated carbocycles. The third-order valence-corrected chi connectivity index (χ3v) is 4.61. The van der Waals surface area contributed by atoms with Gasteiger partial charge in [-0.25, -0.2) is 0 Å². The maximum Gasteiger partial charge on any atom is 0.299 e. The number of amides is 1.